The molecule has 1 rings (SSSR count). The fraction of sp³-hybridized carbons (Fsp3) is 0.692. The summed E-state index contributed by atoms with van der Waals surface area (Å²) in [6, 6.07) is 2.02. The Hall–Kier alpha value is -1.36. The van der Waals surface area contributed by atoms with Crippen molar-refractivity contribution in [2.45, 2.75) is 40.2 Å². The Morgan fingerprint density at radius 2 is 2.11 bits per heavy atom. The van der Waals surface area contributed by atoms with Gasteiger partial charge in [-0.25, -0.2) is 4.98 Å². The van der Waals surface area contributed by atoms with Crippen molar-refractivity contribution in [3.05, 3.63) is 11.8 Å². The fourth-order valence-electron chi connectivity index (χ4n) is 1.79. The van der Waals surface area contributed by atoms with Gasteiger partial charge in [-0.3, -0.25) is 0 Å². The first-order chi connectivity index (χ1) is 8.55. The SMILES string of the molecule is CCOc1cc(C)nc(NC(CN)CC(C)C)n1. The van der Waals surface area contributed by atoms with E-state index in [-0.39, 0.29) is 6.04 Å². The average molecular weight is 252 g/mol. The third-order valence-corrected chi connectivity index (χ3v) is 2.50. The van der Waals surface area contributed by atoms with Gasteiger partial charge in [0.25, 0.3) is 0 Å². The molecule has 0 saturated carbocycles. The van der Waals surface area contributed by atoms with Crippen molar-refractivity contribution >= 4 is 5.95 Å². The number of hydrogen-bond acceptors (Lipinski definition) is 5. The van der Waals surface area contributed by atoms with E-state index in [9.17, 15) is 0 Å². The largest absolute Gasteiger partial charge is 0.478 e. The molecule has 0 aliphatic rings. The zero-order chi connectivity index (χ0) is 13.5. The average Bonchev–Trinajstić information content (AvgIpc) is 2.27. The standard InChI is InChI=1S/C13H24N4O/c1-5-18-12-7-10(4)15-13(17-12)16-11(8-14)6-9(2)3/h7,9,11H,5-6,8,14H2,1-4H3,(H,15,16,17). The minimum atomic E-state index is 0.196. The highest BCUT2D eigenvalue weighted by molar-refractivity contribution is 5.31. The molecular formula is C13H24N4O. The molecule has 0 amide bonds. The van der Waals surface area contributed by atoms with Crippen LogP contribution in [0.2, 0.25) is 0 Å². The predicted octanol–water partition coefficient (Wildman–Crippen LogP) is 1.97. The Morgan fingerprint density at radius 1 is 1.39 bits per heavy atom. The lowest BCUT2D eigenvalue weighted by molar-refractivity contribution is 0.326. The number of rotatable bonds is 7. The van der Waals surface area contributed by atoms with Gasteiger partial charge in [0.15, 0.2) is 0 Å². The molecule has 0 bridgehead atoms. The van der Waals surface area contributed by atoms with Gasteiger partial charge in [0.05, 0.1) is 6.61 Å². The molecule has 0 radical (unpaired) electrons. The van der Waals surface area contributed by atoms with Gasteiger partial charge < -0.3 is 15.8 Å². The van der Waals surface area contributed by atoms with Crippen molar-refractivity contribution in [3.8, 4) is 5.88 Å². The first kappa shape index (κ1) is 14.7. The Balaban J connectivity index is 2.75. The second-order valence-electron chi connectivity index (χ2n) is 4.81. The maximum Gasteiger partial charge on any atom is 0.226 e. The van der Waals surface area contributed by atoms with Crippen LogP contribution in [0.3, 0.4) is 0 Å². The summed E-state index contributed by atoms with van der Waals surface area (Å²) < 4.78 is 5.40. The molecule has 1 atom stereocenters. The third-order valence-electron chi connectivity index (χ3n) is 2.50. The molecule has 1 unspecified atom stereocenters. The van der Waals surface area contributed by atoms with Crippen LogP contribution in [0.5, 0.6) is 5.88 Å². The molecule has 102 valence electrons. The third kappa shape index (κ3) is 4.87. The van der Waals surface area contributed by atoms with E-state index in [2.05, 4.69) is 29.1 Å². The lowest BCUT2D eigenvalue weighted by atomic mass is 10.0. The number of anilines is 1. The van der Waals surface area contributed by atoms with Crippen LogP contribution < -0.4 is 15.8 Å². The zero-order valence-electron chi connectivity index (χ0n) is 11.7. The Labute approximate surface area is 109 Å². The Bertz CT molecular complexity index is 368. The molecule has 0 saturated heterocycles. The van der Waals surface area contributed by atoms with E-state index in [0.29, 0.717) is 30.9 Å². The van der Waals surface area contributed by atoms with Gasteiger partial charge in [-0.05, 0) is 26.2 Å². The van der Waals surface area contributed by atoms with Crippen molar-refractivity contribution in [1.82, 2.24) is 9.97 Å². The van der Waals surface area contributed by atoms with Gasteiger partial charge in [0, 0.05) is 24.3 Å². The predicted molar refractivity (Wildman–Crippen MR) is 73.9 cm³/mol. The van der Waals surface area contributed by atoms with E-state index < -0.39 is 0 Å². The summed E-state index contributed by atoms with van der Waals surface area (Å²) >= 11 is 0. The number of nitrogens with two attached hydrogens (primary N) is 1. The van der Waals surface area contributed by atoms with Gasteiger partial charge in [0.1, 0.15) is 0 Å². The van der Waals surface area contributed by atoms with Gasteiger partial charge in [-0.15, -0.1) is 0 Å². The van der Waals surface area contributed by atoms with Crippen LogP contribution in [0, 0.1) is 12.8 Å². The number of aryl methyl sites for hydroxylation is 1. The molecule has 0 fully saturated rings. The van der Waals surface area contributed by atoms with Crippen LogP contribution in [-0.4, -0.2) is 29.2 Å². The van der Waals surface area contributed by atoms with Gasteiger partial charge in [0.2, 0.25) is 11.8 Å². The zero-order valence-corrected chi connectivity index (χ0v) is 11.7. The lowest BCUT2D eigenvalue weighted by Gasteiger charge is -2.19. The van der Waals surface area contributed by atoms with E-state index >= 15 is 0 Å². The van der Waals surface area contributed by atoms with Crippen molar-refractivity contribution < 1.29 is 4.74 Å². The molecule has 5 heteroatoms. The topological polar surface area (TPSA) is 73.1 Å². The van der Waals surface area contributed by atoms with Crippen LogP contribution in [0.1, 0.15) is 32.9 Å². The first-order valence-electron chi connectivity index (χ1n) is 6.50. The summed E-state index contributed by atoms with van der Waals surface area (Å²) in [5.74, 6) is 1.78. The number of nitrogens with one attached hydrogen (secondary N) is 1. The quantitative estimate of drug-likeness (QED) is 0.776. The molecule has 3 N–H and O–H groups in total. The highest BCUT2D eigenvalue weighted by Crippen LogP contribution is 2.14. The van der Waals surface area contributed by atoms with E-state index in [4.69, 9.17) is 10.5 Å². The van der Waals surface area contributed by atoms with Gasteiger partial charge >= 0.3 is 0 Å². The summed E-state index contributed by atoms with van der Waals surface area (Å²) in [5, 5.41) is 3.27. The monoisotopic (exact) mass is 252 g/mol. The molecular weight excluding hydrogens is 228 g/mol. The molecule has 18 heavy (non-hydrogen) atoms. The molecule has 0 aliphatic heterocycles. The minimum Gasteiger partial charge on any atom is -0.478 e. The van der Waals surface area contributed by atoms with E-state index in [1.54, 1.807) is 0 Å². The molecule has 1 heterocycles. The van der Waals surface area contributed by atoms with Crippen LogP contribution in [-0.2, 0) is 0 Å². The van der Waals surface area contributed by atoms with Crippen molar-refractivity contribution in [2.75, 3.05) is 18.5 Å². The first-order valence-corrected chi connectivity index (χ1v) is 6.50. The maximum absolute atomic E-state index is 5.75. The molecule has 0 aromatic carbocycles. The van der Waals surface area contributed by atoms with Crippen LogP contribution >= 0.6 is 0 Å². The van der Waals surface area contributed by atoms with Crippen LogP contribution in [0.15, 0.2) is 6.07 Å². The van der Waals surface area contributed by atoms with Crippen LogP contribution in [0.4, 0.5) is 5.95 Å². The Kier molecular flexibility index (Phi) is 5.85. The number of nitrogens with zero attached hydrogens (tertiary/aromatic N) is 2. The van der Waals surface area contributed by atoms with E-state index in [1.807, 2.05) is 19.9 Å². The highest BCUT2D eigenvalue weighted by atomic mass is 16.5. The fourth-order valence-corrected chi connectivity index (χ4v) is 1.79. The van der Waals surface area contributed by atoms with Gasteiger partial charge in [-0.1, -0.05) is 13.8 Å². The summed E-state index contributed by atoms with van der Waals surface area (Å²) in [6.07, 6.45) is 0.998. The maximum atomic E-state index is 5.75. The molecule has 0 aliphatic carbocycles. The smallest absolute Gasteiger partial charge is 0.226 e. The lowest BCUT2D eigenvalue weighted by Crippen LogP contribution is -2.31. The van der Waals surface area contributed by atoms with E-state index in [1.165, 1.54) is 0 Å². The number of hydrogen-bond donors (Lipinski definition) is 2. The second-order valence-corrected chi connectivity index (χ2v) is 4.81. The van der Waals surface area contributed by atoms with E-state index in [0.717, 1.165) is 12.1 Å². The molecule has 0 spiro atoms. The minimum absolute atomic E-state index is 0.196. The normalized spacial score (nSPS) is 12.6. The summed E-state index contributed by atoms with van der Waals surface area (Å²) in [6.45, 7) is 9.38. The second kappa shape index (κ2) is 7.16. The molecule has 1 aromatic rings. The highest BCUT2D eigenvalue weighted by Gasteiger charge is 2.11. The Morgan fingerprint density at radius 3 is 2.67 bits per heavy atom. The van der Waals surface area contributed by atoms with Crippen molar-refractivity contribution in [1.29, 1.82) is 0 Å². The van der Waals surface area contributed by atoms with Crippen molar-refractivity contribution in [2.24, 2.45) is 11.7 Å². The summed E-state index contributed by atoms with van der Waals surface area (Å²) in [5.41, 5.74) is 6.64. The number of ether oxygens (including phenoxy) is 1. The molecule has 5 nitrogen and oxygen atoms in total. The van der Waals surface area contributed by atoms with Gasteiger partial charge in [-0.2, -0.15) is 4.98 Å². The van der Waals surface area contributed by atoms with Crippen LogP contribution in [0.25, 0.3) is 0 Å². The van der Waals surface area contributed by atoms with Crippen molar-refractivity contribution in [3.63, 3.8) is 0 Å². The summed E-state index contributed by atoms with van der Waals surface area (Å²) in [4.78, 5) is 8.67. The number of aromatic nitrogens is 2. The summed E-state index contributed by atoms with van der Waals surface area (Å²) in [7, 11) is 0. The molecule has 1 aromatic heterocycles.